The highest BCUT2D eigenvalue weighted by atomic mass is 19.1. The van der Waals surface area contributed by atoms with Crippen molar-refractivity contribution in [2.24, 2.45) is 5.92 Å². The Morgan fingerprint density at radius 2 is 1.82 bits per heavy atom. The number of carbonyl (C=O) groups excluding carboxylic acids is 3. The summed E-state index contributed by atoms with van der Waals surface area (Å²) in [5.41, 5.74) is 1.19. The van der Waals surface area contributed by atoms with Crippen LogP contribution < -0.4 is 10.6 Å². The van der Waals surface area contributed by atoms with Gasteiger partial charge in [0.1, 0.15) is 11.6 Å². The van der Waals surface area contributed by atoms with Crippen LogP contribution in [0.15, 0.2) is 42.5 Å². The summed E-state index contributed by atoms with van der Waals surface area (Å²) in [7, 11) is 0. The topological polar surface area (TPSA) is 78.5 Å². The minimum atomic E-state index is -0.889. The van der Waals surface area contributed by atoms with E-state index in [0.717, 1.165) is 24.1 Å². The minimum Gasteiger partial charge on any atom is -0.352 e. The largest absolute Gasteiger partial charge is 0.352 e. The van der Waals surface area contributed by atoms with Crippen molar-refractivity contribution in [3.05, 3.63) is 70.8 Å². The van der Waals surface area contributed by atoms with Crippen molar-refractivity contribution in [3.8, 4) is 0 Å². The lowest BCUT2D eigenvalue weighted by atomic mass is 9.95. The Hall–Kier alpha value is -3.29. The Kier molecular flexibility index (Phi) is 8.14. The van der Waals surface area contributed by atoms with Gasteiger partial charge < -0.3 is 15.5 Å². The Balaban J connectivity index is 1.50. The zero-order valence-electron chi connectivity index (χ0n) is 18.9. The van der Waals surface area contributed by atoms with E-state index in [1.54, 1.807) is 18.2 Å². The Morgan fingerprint density at radius 1 is 1.09 bits per heavy atom. The van der Waals surface area contributed by atoms with Gasteiger partial charge in [-0.25, -0.2) is 8.78 Å². The van der Waals surface area contributed by atoms with Gasteiger partial charge in [-0.3, -0.25) is 14.4 Å². The van der Waals surface area contributed by atoms with Crippen LogP contribution in [0.25, 0.3) is 0 Å². The third kappa shape index (κ3) is 6.37. The maximum absolute atomic E-state index is 13.9. The summed E-state index contributed by atoms with van der Waals surface area (Å²) in [4.78, 5) is 38.9. The number of hydrogen-bond acceptors (Lipinski definition) is 3. The van der Waals surface area contributed by atoms with Gasteiger partial charge in [-0.1, -0.05) is 19.1 Å². The first-order valence-corrected chi connectivity index (χ1v) is 11.2. The second-order valence-electron chi connectivity index (χ2n) is 8.39. The van der Waals surface area contributed by atoms with Gasteiger partial charge in [-0.15, -0.1) is 0 Å². The van der Waals surface area contributed by atoms with Crippen LogP contribution in [-0.4, -0.2) is 41.8 Å². The Labute approximate surface area is 192 Å². The lowest BCUT2D eigenvalue weighted by Crippen LogP contribution is -2.43. The molecule has 8 heteroatoms. The zero-order chi connectivity index (χ0) is 24.0. The molecule has 1 fully saturated rings. The number of nitrogens with one attached hydrogen (secondary N) is 2. The van der Waals surface area contributed by atoms with E-state index in [4.69, 9.17) is 0 Å². The smallest absolute Gasteiger partial charge is 0.256 e. The Bertz CT molecular complexity index is 1020. The number of rotatable bonds is 7. The molecule has 0 radical (unpaired) electrons. The fourth-order valence-electron chi connectivity index (χ4n) is 3.74. The van der Waals surface area contributed by atoms with Gasteiger partial charge >= 0.3 is 0 Å². The standard InChI is InChI=1S/C25H29F2N3O3/c1-3-16(2)29-24(32)19-6-4-5-17(13-19)15-28-23(31)18-9-11-30(12-10-18)25(33)21-8-7-20(26)14-22(21)27/h4-8,13-14,16,18H,3,9-12,15H2,1-2H3,(H,28,31)(H,29,32). The highest BCUT2D eigenvalue weighted by Gasteiger charge is 2.28. The van der Waals surface area contributed by atoms with Crippen molar-refractivity contribution in [2.75, 3.05) is 13.1 Å². The van der Waals surface area contributed by atoms with Crippen molar-refractivity contribution in [1.82, 2.24) is 15.5 Å². The van der Waals surface area contributed by atoms with Crippen LogP contribution >= 0.6 is 0 Å². The molecule has 3 rings (SSSR count). The summed E-state index contributed by atoms with van der Waals surface area (Å²) in [6.45, 7) is 4.87. The van der Waals surface area contributed by atoms with E-state index in [1.807, 2.05) is 19.9 Å². The van der Waals surface area contributed by atoms with Crippen molar-refractivity contribution >= 4 is 17.7 Å². The monoisotopic (exact) mass is 457 g/mol. The van der Waals surface area contributed by atoms with Gasteiger partial charge in [0.05, 0.1) is 5.56 Å². The molecule has 6 nitrogen and oxygen atoms in total. The van der Waals surface area contributed by atoms with Crippen LogP contribution in [0.2, 0.25) is 0 Å². The molecule has 176 valence electrons. The molecule has 2 N–H and O–H groups in total. The predicted molar refractivity (Wildman–Crippen MR) is 120 cm³/mol. The van der Waals surface area contributed by atoms with Crippen LogP contribution in [0.1, 0.15) is 59.4 Å². The number of halogens is 2. The van der Waals surface area contributed by atoms with Gasteiger partial charge in [0, 0.05) is 43.2 Å². The highest BCUT2D eigenvalue weighted by molar-refractivity contribution is 5.95. The summed E-state index contributed by atoms with van der Waals surface area (Å²) in [6, 6.07) is 10.1. The average Bonchev–Trinajstić information content (AvgIpc) is 2.82. The van der Waals surface area contributed by atoms with Gasteiger partial charge in [0.15, 0.2) is 0 Å². The summed E-state index contributed by atoms with van der Waals surface area (Å²) in [5.74, 6) is -2.65. The van der Waals surface area contributed by atoms with Crippen LogP contribution in [0.4, 0.5) is 8.78 Å². The molecule has 0 spiro atoms. The molecule has 1 unspecified atom stereocenters. The lowest BCUT2D eigenvalue weighted by Gasteiger charge is -2.31. The zero-order valence-corrected chi connectivity index (χ0v) is 18.9. The van der Waals surface area contributed by atoms with Gasteiger partial charge in [0.2, 0.25) is 5.91 Å². The molecular weight excluding hydrogens is 428 g/mol. The fourth-order valence-corrected chi connectivity index (χ4v) is 3.74. The van der Waals surface area contributed by atoms with Gasteiger partial charge in [-0.05, 0) is 56.0 Å². The molecule has 3 amide bonds. The second kappa shape index (κ2) is 11.0. The number of nitrogens with zero attached hydrogens (tertiary/aromatic N) is 1. The minimum absolute atomic E-state index is 0.0816. The summed E-state index contributed by atoms with van der Waals surface area (Å²) in [5, 5.41) is 5.82. The van der Waals surface area contributed by atoms with Crippen LogP contribution in [-0.2, 0) is 11.3 Å². The third-order valence-electron chi connectivity index (χ3n) is 5.96. The van der Waals surface area contributed by atoms with E-state index in [-0.39, 0.29) is 29.3 Å². The lowest BCUT2D eigenvalue weighted by molar-refractivity contribution is -0.126. The summed E-state index contributed by atoms with van der Waals surface area (Å²) < 4.78 is 27.0. The fraction of sp³-hybridized carbons (Fsp3) is 0.400. The first-order valence-electron chi connectivity index (χ1n) is 11.2. The molecule has 1 aliphatic heterocycles. The van der Waals surface area contributed by atoms with Gasteiger partial charge in [-0.2, -0.15) is 0 Å². The van der Waals surface area contributed by atoms with Crippen molar-refractivity contribution in [3.63, 3.8) is 0 Å². The van der Waals surface area contributed by atoms with E-state index in [0.29, 0.717) is 44.1 Å². The van der Waals surface area contributed by atoms with Gasteiger partial charge in [0.25, 0.3) is 11.8 Å². The molecule has 2 aromatic carbocycles. The summed E-state index contributed by atoms with van der Waals surface area (Å²) >= 11 is 0. The van der Waals surface area contributed by atoms with E-state index < -0.39 is 17.5 Å². The quantitative estimate of drug-likeness (QED) is 0.666. The highest BCUT2D eigenvalue weighted by Crippen LogP contribution is 2.21. The van der Waals surface area contributed by atoms with E-state index in [9.17, 15) is 23.2 Å². The maximum Gasteiger partial charge on any atom is 0.256 e. The summed E-state index contributed by atoms with van der Waals surface area (Å²) in [6.07, 6.45) is 1.75. The third-order valence-corrected chi connectivity index (χ3v) is 5.96. The SMILES string of the molecule is CCC(C)NC(=O)c1cccc(CNC(=O)C2CCN(C(=O)c3ccc(F)cc3F)CC2)c1. The van der Waals surface area contributed by atoms with Crippen molar-refractivity contribution in [1.29, 1.82) is 0 Å². The molecule has 2 aromatic rings. The van der Waals surface area contributed by atoms with E-state index in [2.05, 4.69) is 10.6 Å². The normalized spacial score (nSPS) is 15.1. The molecule has 1 aliphatic rings. The average molecular weight is 458 g/mol. The predicted octanol–water partition coefficient (Wildman–Crippen LogP) is 3.66. The number of carbonyl (C=O) groups is 3. The molecule has 1 atom stereocenters. The number of amides is 3. The number of hydrogen-bond donors (Lipinski definition) is 2. The molecule has 0 aromatic heterocycles. The van der Waals surface area contributed by atoms with Crippen LogP contribution in [0.3, 0.4) is 0 Å². The van der Waals surface area contributed by atoms with E-state index >= 15 is 0 Å². The molecule has 1 heterocycles. The second-order valence-corrected chi connectivity index (χ2v) is 8.39. The molecular formula is C25H29F2N3O3. The first-order chi connectivity index (χ1) is 15.8. The first kappa shape index (κ1) is 24.4. The van der Waals surface area contributed by atoms with Crippen LogP contribution in [0, 0.1) is 17.6 Å². The van der Waals surface area contributed by atoms with E-state index in [1.165, 1.54) is 4.90 Å². The molecule has 0 bridgehead atoms. The van der Waals surface area contributed by atoms with Crippen molar-refractivity contribution < 1.29 is 23.2 Å². The molecule has 0 saturated carbocycles. The Morgan fingerprint density at radius 3 is 2.48 bits per heavy atom. The molecule has 33 heavy (non-hydrogen) atoms. The number of piperidine rings is 1. The van der Waals surface area contributed by atoms with Crippen molar-refractivity contribution in [2.45, 2.75) is 45.7 Å². The maximum atomic E-state index is 13.9. The molecule has 0 aliphatic carbocycles. The number of benzene rings is 2. The van der Waals surface area contributed by atoms with Crippen LogP contribution in [0.5, 0.6) is 0 Å². The molecule has 1 saturated heterocycles. The number of likely N-dealkylation sites (tertiary alicyclic amines) is 1.